The number of aryl methyl sites for hydroxylation is 2. The highest BCUT2D eigenvalue weighted by Crippen LogP contribution is 2.22. The molecule has 10 heteroatoms. The van der Waals surface area contributed by atoms with Crippen molar-refractivity contribution in [3.8, 4) is 0 Å². The molecule has 162 valence electrons. The fourth-order valence-electron chi connectivity index (χ4n) is 3.54. The zero-order chi connectivity index (χ0) is 21.8. The molecule has 1 aliphatic rings. The standard InChI is InChI=1S/C20H26ClN5O4/c1-5-13-17(21)25-18(23-13)19(27)24-14-6-7-26(10-15(14)29-3)16-9-12(20(28)30-4)8-11(2)22-16/h8-9,14-15H,5-7,10H2,1-4H3,(H,23,25)(H,24,27)/t14-,15+/m0/s1. The van der Waals surface area contributed by atoms with Crippen LogP contribution in [0.25, 0.3) is 0 Å². The molecule has 1 saturated heterocycles. The van der Waals surface area contributed by atoms with Gasteiger partial charge in [0.05, 0.1) is 30.5 Å². The fraction of sp³-hybridized carbons (Fsp3) is 0.500. The van der Waals surface area contributed by atoms with E-state index in [1.807, 2.05) is 18.7 Å². The number of imidazole rings is 1. The van der Waals surface area contributed by atoms with Crippen molar-refractivity contribution in [3.05, 3.63) is 40.1 Å². The largest absolute Gasteiger partial charge is 0.465 e. The van der Waals surface area contributed by atoms with Gasteiger partial charge in [0.15, 0.2) is 11.0 Å². The molecule has 0 unspecified atom stereocenters. The Balaban J connectivity index is 1.71. The van der Waals surface area contributed by atoms with Gasteiger partial charge in [0.25, 0.3) is 5.91 Å². The molecule has 1 amide bonds. The first-order chi connectivity index (χ1) is 14.4. The Labute approximate surface area is 180 Å². The zero-order valence-corrected chi connectivity index (χ0v) is 18.2. The van der Waals surface area contributed by atoms with E-state index in [1.54, 1.807) is 19.2 Å². The summed E-state index contributed by atoms with van der Waals surface area (Å²) >= 11 is 6.04. The Morgan fingerprint density at radius 1 is 1.33 bits per heavy atom. The molecule has 1 aliphatic heterocycles. The van der Waals surface area contributed by atoms with Crippen LogP contribution < -0.4 is 10.2 Å². The van der Waals surface area contributed by atoms with Gasteiger partial charge in [-0.2, -0.15) is 0 Å². The quantitative estimate of drug-likeness (QED) is 0.669. The molecule has 0 radical (unpaired) electrons. The van der Waals surface area contributed by atoms with Crippen LogP contribution in [0.4, 0.5) is 5.82 Å². The number of pyridine rings is 1. The zero-order valence-electron chi connectivity index (χ0n) is 17.5. The summed E-state index contributed by atoms with van der Waals surface area (Å²) in [5.74, 6) is 0.138. The van der Waals surface area contributed by atoms with Crippen molar-refractivity contribution in [1.29, 1.82) is 0 Å². The topological polar surface area (TPSA) is 109 Å². The summed E-state index contributed by atoms with van der Waals surface area (Å²) in [6.45, 7) is 4.91. The number of ether oxygens (including phenoxy) is 2. The lowest BCUT2D eigenvalue weighted by atomic mass is 10.0. The molecule has 1 fully saturated rings. The summed E-state index contributed by atoms with van der Waals surface area (Å²) in [6, 6.07) is 3.20. The molecule has 3 rings (SSSR count). The number of nitrogens with zero attached hydrogens (tertiary/aromatic N) is 3. The highest BCUT2D eigenvalue weighted by atomic mass is 35.5. The van der Waals surface area contributed by atoms with Crippen LogP contribution in [-0.4, -0.2) is 66.3 Å². The summed E-state index contributed by atoms with van der Waals surface area (Å²) in [5.41, 5.74) is 1.90. The van der Waals surface area contributed by atoms with Crippen molar-refractivity contribution in [2.45, 2.75) is 38.8 Å². The van der Waals surface area contributed by atoms with Crippen molar-refractivity contribution < 1.29 is 19.1 Å². The van der Waals surface area contributed by atoms with Crippen molar-refractivity contribution in [1.82, 2.24) is 20.3 Å². The van der Waals surface area contributed by atoms with Crippen molar-refractivity contribution in [2.24, 2.45) is 0 Å². The van der Waals surface area contributed by atoms with E-state index in [0.29, 0.717) is 42.5 Å². The predicted octanol–water partition coefficient (Wildman–Crippen LogP) is 2.14. The molecule has 30 heavy (non-hydrogen) atoms. The van der Waals surface area contributed by atoms with Crippen LogP contribution in [0, 0.1) is 6.92 Å². The lowest BCUT2D eigenvalue weighted by Crippen LogP contribution is -2.55. The Bertz CT molecular complexity index is 932. The number of hydrogen-bond donors (Lipinski definition) is 2. The van der Waals surface area contributed by atoms with Gasteiger partial charge >= 0.3 is 5.97 Å². The van der Waals surface area contributed by atoms with E-state index in [2.05, 4.69) is 20.3 Å². The summed E-state index contributed by atoms with van der Waals surface area (Å²) in [5, 5.41) is 3.30. The smallest absolute Gasteiger partial charge is 0.338 e. The number of esters is 1. The number of anilines is 1. The van der Waals surface area contributed by atoms with Gasteiger partial charge in [-0.15, -0.1) is 0 Å². The number of halogens is 1. The van der Waals surface area contributed by atoms with Crippen LogP contribution >= 0.6 is 11.6 Å². The molecular formula is C20H26ClN5O4. The molecule has 2 atom stereocenters. The van der Waals surface area contributed by atoms with Crippen LogP contribution in [0.5, 0.6) is 0 Å². The van der Waals surface area contributed by atoms with Gasteiger partial charge < -0.3 is 24.7 Å². The minimum absolute atomic E-state index is 0.192. The molecule has 2 aromatic rings. The first-order valence-electron chi connectivity index (χ1n) is 9.76. The lowest BCUT2D eigenvalue weighted by Gasteiger charge is -2.38. The highest BCUT2D eigenvalue weighted by molar-refractivity contribution is 6.30. The number of hydrogen-bond acceptors (Lipinski definition) is 7. The first kappa shape index (κ1) is 22.0. The number of aromatic nitrogens is 3. The normalized spacial score (nSPS) is 18.9. The minimum atomic E-state index is -0.407. The molecule has 0 saturated carbocycles. The minimum Gasteiger partial charge on any atom is -0.465 e. The van der Waals surface area contributed by atoms with Gasteiger partial charge in [-0.25, -0.2) is 14.8 Å². The van der Waals surface area contributed by atoms with E-state index in [1.165, 1.54) is 7.11 Å². The molecule has 0 aromatic carbocycles. The average Bonchev–Trinajstić information content (AvgIpc) is 3.13. The van der Waals surface area contributed by atoms with Crippen molar-refractivity contribution in [3.63, 3.8) is 0 Å². The fourth-order valence-corrected chi connectivity index (χ4v) is 3.81. The van der Waals surface area contributed by atoms with Crippen molar-refractivity contribution in [2.75, 3.05) is 32.2 Å². The summed E-state index contributed by atoms with van der Waals surface area (Å²) in [6.07, 6.45) is 1.04. The van der Waals surface area contributed by atoms with Crippen LogP contribution in [0.1, 0.15) is 45.7 Å². The first-order valence-corrected chi connectivity index (χ1v) is 10.1. The van der Waals surface area contributed by atoms with E-state index in [-0.39, 0.29) is 23.9 Å². The van der Waals surface area contributed by atoms with E-state index in [4.69, 9.17) is 21.1 Å². The SMILES string of the molecule is CCc1[nH]c(C(=O)N[C@H]2CCN(c3cc(C(=O)OC)cc(C)n3)C[C@H]2OC)nc1Cl. The highest BCUT2D eigenvalue weighted by Gasteiger charge is 2.32. The summed E-state index contributed by atoms with van der Waals surface area (Å²) < 4.78 is 10.5. The second kappa shape index (κ2) is 9.44. The number of nitrogens with one attached hydrogen (secondary N) is 2. The summed E-state index contributed by atoms with van der Waals surface area (Å²) in [4.78, 5) is 38.2. The number of amides is 1. The van der Waals surface area contributed by atoms with Gasteiger partial charge in [0.1, 0.15) is 5.82 Å². The van der Waals surface area contributed by atoms with Gasteiger partial charge in [-0.3, -0.25) is 4.79 Å². The van der Waals surface area contributed by atoms with Crippen LogP contribution in [-0.2, 0) is 15.9 Å². The van der Waals surface area contributed by atoms with Gasteiger partial charge in [-0.05, 0) is 31.9 Å². The molecule has 9 nitrogen and oxygen atoms in total. The molecule has 2 N–H and O–H groups in total. The maximum Gasteiger partial charge on any atom is 0.338 e. The molecule has 0 spiro atoms. The number of carbonyl (C=O) groups excluding carboxylic acids is 2. The second-order valence-electron chi connectivity index (χ2n) is 7.14. The molecule has 0 aliphatic carbocycles. The number of rotatable bonds is 6. The van der Waals surface area contributed by atoms with Crippen LogP contribution in [0.15, 0.2) is 12.1 Å². The Morgan fingerprint density at radius 3 is 2.73 bits per heavy atom. The number of piperidine rings is 1. The Hall–Kier alpha value is -2.65. The molecular weight excluding hydrogens is 410 g/mol. The maximum absolute atomic E-state index is 12.6. The number of carbonyl (C=O) groups is 2. The molecule has 2 aromatic heterocycles. The Morgan fingerprint density at radius 2 is 2.10 bits per heavy atom. The predicted molar refractivity (Wildman–Crippen MR) is 112 cm³/mol. The maximum atomic E-state index is 12.6. The van der Waals surface area contributed by atoms with Gasteiger partial charge in [0.2, 0.25) is 0 Å². The van der Waals surface area contributed by atoms with E-state index in [9.17, 15) is 9.59 Å². The van der Waals surface area contributed by atoms with E-state index < -0.39 is 5.97 Å². The molecule has 0 bridgehead atoms. The lowest BCUT2D eigenvalue weighted by molar-refractivity contribution is 0.0536. The summed E-state index contributed by atoms with van der Waals surface area (Å²) in [7, 11) is 2.96. The van der Waals surface area contributed by atoms with Gasteiger partial charge in [0, 0.05) is 25.9 Å². The average molecular weight is 436 g/mol. The monoisotopic (exact) mass is 435 g/mol. The molecule has 3 heterocycles. The number of aromatic amines is 1. The van der Waals surface area contributed by atoms with Crippen LogP contribution in [0.2, 0.25) is 5.15 Å². The third-order valence-electron chi connectivity index (χ3n) is 5.16. The van der Waals surface area contributed by atoms with Crippen molar-refractivity contribution >= 4 is 29.3 Å². The van der Waals surface area contributed by atoms with Crippen LogP contribution in [0.3, 0.4) is 0 Å². The Kier molecular flexibility index (Phi) is 6.94. The second-order valence-corrected chi connectivity index (χ2v) is 7.50. The van der Waals surface area contributed by atoms with E-state index >= 15 is 0 Å². The third-order valence-corrected chi connectivity index (χ3v) is 5.47. The van der Waals surface area contributed by atoms with E-state index in [0.717, 1.165) is 11.4 Å². The van der Waals surface area contributed by atoms with Gasteiger partial charge in [-0.1, -0.05) is 18.5 Å². The third kappa shape index (κ3) is 4.73. The number of methoxy groups -OCH3 is 2. The number of H-pyrrole nitrogens is 1.